The highest BCUT2D eigenvalue weighted by Gasteiger charge is 2.33. The molecule has 1 N–H and O–H groups in total. The number of nitrogens with zero attached hydrogens (tertiary/aromatic N) is 2. The zero-order valence-electron chi connectivity index (χ0n) is 10.9. The molecule has 0 amide bonds. The molecule has 1 aliphatic rings. The number of rotatable bonds is 3. The van der Waals surface area contributed by atoms with Gasteiger partial charge in [0, 0.05) is 25.4 Å². The molecule has 0 spiro atoms. The molecular weight excluding hydrogens is 214 g/mol. The normalized spacial score (nSPS) is 24.6. The molecular formula is C13H21N3O. The highest BCUT2D eigenvalue weighted by molar-refractivity contribution is 5.36. The van der Waals surface area contributed by atoms with Gasteiger partial charge >= 0.3 is 0 Å². The van der Waals surface area contributed by atoms with Crippen LogP contribution in [0.5, 0.6) is 0 Å². The van der Waals surface area contributed by atoms with Gasteiger partial charge in [-0.15, -0.1) is 0 Å². The Morgan fingerprint density at radius 2 is 2.24 bits per heavy atom. The lowest BCUT2D eigenvalue weighted by molar-refractivity contribution is -0.0760. The first kappa shape index (κ1) is 12.3. The summed E-state index contributed by atoms with van der Waals surface area (Å²) in [6, 6.07) is 2.00. The Balaban J connectivity index is 2.35. The van der Waals surface area contributed by atoms with Gasteiger partial charge in [0.2, 0.25) is 0 Å². The van der Waals surface area contributed by atoms with Gasteiger partial charge in [0.1, 0.15) is 11.4 Å². The molecule has 1 saturated heterocycles. The summed E-state index contributed by atoms with van der Waals surface area (Å²) in [6.07, 6.45) is 4.25. The SMILES string of the molecule is CCc1cc(NC)nc(C2(C)CCCCO2)n1. The van der Waals surface area contributed by atoms with E-state index in [1.165, 1.54) is 6.42 Å². The van der Waals surface area contributed by atoms with E-state index in [1.807, 2.05) is 13.1 Å². The van der Waals surface area contributed by atoms with Crippen LogP contribution in [0.4, 0.5) is 5.82 Å². The molecule has 17 heavy (non-hydrogen) atoms. The van der Waals surface area contributed by atoms with Gasteiger partial charge in [-0.1, -0.05) is 6.92 Å². The summed E-state index contributed by atoms with van der Waals surface area (Å²) < 4.78 is 5.90. The Morgan fingerprint density at radius 3 is 2.82 bits per heavy atom. The molecule has 0 saturated carbocycles. The minimum Gasteiger partial charge on any atom is -0.373 e. The molecule has 0 aromatic carbocycles. The fourth-order valence-electron chi connectivity index (χ4n) is 2.15. The van der Waals surface area contributed by atoms with Gasteiger partial charge in [-0.3, -0.25) is 0 Å². The summed E-state index contributed by atoms with van der Waals surface area (Å²) >= 11 is 0. The monoisotopic (exact) mass is 235 g/mol. The highest BCUT2D eigenvalue weighted by atomic mass is 16.5. The van der Waals surface area contributed by atoms with Crippen LogP contribution in [0.25, 0.3) is 0 Å². The predicted molar refractivity (Wildman–Crippen MR) is 68.1 cm³/mol. The Morgan fingerprint density at radius 1 is 1.41 bits per heavy atom. The second-order valence-corrected chi connectivity index (χ2v) is 4.71. The van der Waals surface area contributed by atoms with Crippen molar-refractivity contribution in [1.29, 1.82) is 0 Å². The molecule has 1 fully saturated rings. The summed E-state index contributed by atoms with van der Waals surface area (Å²) in [5.41, 5.74) is 0.754. The van der Waals surface area contributed by atoms with Crippen LogP contribution >= 0.6 is 0 Å². The first-order valence-electron chi connectivity index (χ1n) is 6.38. The third kappa shape index (κ3) is 2.57. The third-order valence-corrected chi connectivity index (χ3v) is 3.34. The smallest absolute Gasteiger partial charge is 0.162 e. The number of nitrogens with one attached hydrogen (secondary N) is 1. The topological polar surface area (TPSA) is 47.0 Å². The van der Waals surface area contributed by atoms with Crippen molar-refractivity contribution < 1.29 is 4.74 Å². The first-order chi connectivity index (χ1) is 8.18. The summed E-state index contributed by atoms with van der Waals surface area (Å²) in [4.78, 5) is 9.17. The van der Waals surface area contributed by atoms with E-state index < -0.39 is 0 Å². The lowest BCUT2D eigenvalue weighted by Gasteiger charge is -2.32. The van der Waals surface area contributed by atoms with Gasteiger partial charge in [-0.05, 0) is 32.6 Å². The average Bonchev–Trinajstić information content (AvgIpc) is 2.39. The maximum absolute atomic E-state index is 5.90. The third-order valence-electron chi connectivity index (χ3n) is 3.34. The van der Waals surface area contributed by atoms with Crippen LogP contribution in [0.15, 0.2) is 6.07 Å². The lowest BCUT2D eigenvalue weighted by Crippen LogP contribution is -2.32. The summed E-state index contributed by atoms with van der Waals surface area (Å²) in [6.45, 7) is 5.01. The van der Waals surface area contributed by atoms with Crippen LogP contribution in [0.2, 0.25) is 0 Å². The fourth-order valence-corrected chi connectivity index (χ4v) is 2.15. The van der Waals surface area contributed by atoms with E-state index >= 15 is 0 Å². The van der Waals surface area contributed by atoms with E-state index in [4.69, 9.17) is 4.74 Å². The fraction of sp³-hybridized carbons (Fsp3) is 0.692. The average molecular weight is 235 g/mol. The van der Waals surface area contributed by atoms with Crippen LogP contribution in [-0.4, -0.2) is 23.6 Å². The standard InChI is InChI=1S/C13H21N3O/c1-4-10-9-11(14-3)16-12(15-10)13(2)7-5-6-8-17-13/h9H,4-8H2,1-3H3,(H,14,15,16). The van der Waals surface area contributed by atoms with E-state index in [9.17, 15) is 0 Å². The predicted octanol–water partition coefficient (Wildman–Crippen LogP) is 2.50. The Bertz CT molecular complexity index is 364. The van der Waals surface area contributed by atoms with Gasteiger partial charge in [0.05, 0.1) is 0 Å². The molecule has 2 rings (SSSR count). The van der Waals surface area contributed by atoms with Crippen LogP contribution < -0.4 is 5.32 Å². The molecule has 1 aromatic heterocycles. The number of hydrogen-bond donors (Lipinski definition) is 1. The van der Waals surface area contributed by atoms with Crippen molar-refractivity contribution in [2.75, 3.05) is 19.0 Å². The zero-order valence-corrected chi connectivity index (χ0v) is 10.9. The van der Waals surface area contributed by atoms with Gasteiger partial charge in [-0.25, -0.2) is 9.97 Å². The molecule has 0 radical (unpaired) electrons. The van der Waals surface area contributed by atoms with Crippen molar-refractivity contribution in [3.8, 4) is 0 Å². The van der Waals surface area contributed by atoms with Crippen molar-refractivity contribution in [3.63, 3.8) is 0 Å². The van der Waals surface area contributed by atoms with E-state index in [1.54, 1.807) is 0 Å². The molecule has 94 valence electrons. The number of aryl methyl sites for hydroxylation is 1. The van der Waals surface area contributed by atoms with Crippen molar-refractivity contribution in [2.24, 2.45) is 0 Å². The van der Waals surface area contributed by atoms with Crippen molar-refractivity contribution in [1.82, 2.24) is 9.97 Å². The minimum atomic E-state index is -0.310. The molecule has 0 bridgehead atoms. The van der Waals surface area contributed by atoms with E-state index in [2.05, 4.69) is 29.1 Å². The van der Waals surface area contributed by atoms with Crippen LogP contribution in [0.1, 0.15) is 44.6 Å². The molecule has 1 atom stereocenters. The number of ether oxygens (including phenoxy) is 1. The van der Waals surface area contributed by atoms with Gasteiger partial charge < -0.3 is 10.1 Å². The molecule has 4 heteroatoms. The first-order valence-corrected chi connectivity index (χ1v) is 6.38. The van der Waals surface area contributed by atoms with Gasteiger partial charge in [-0.2, -0.15) is 0 Å². The summed E-state index contributed by atoms with van der Waals surface area (Å²) in [5.74, 6) is 1.70. The number of hydrogen-bond acceptors (Lipinski definition) is 4. The van der Waals surface area contributed by atoms with E-state index in [-0.39, 0.29) is 5.60 Å². The zero-order chi connectivity index (χ0) is 12.3. The van der Waals surface area contributed by atoms with E-state index in [0.29, 0.717) is 0 Å². The Labute approximate surface area is 103 Å². The summed E-state index contributed by atoms with van der Waals surface area (Å²) in [7, 11) is 1.88. The molecule has 1 unspecified atom stereocenters. The second-order valence-electron chi connectivity index (χ2n) is 4.71. The molecule has 4 nitrogen and oxygen atoms in total. The van der Waals surface area contributed by atoms with Gasteiger partial charge in [0.15, 0.2) is 5.82 Å². The highest BCUT2D eigenvalue weighted by Crippen LogP contribution is 2.33. The van der Waals surface area contributed by atoms with E-state index in [0.717, 1.165) is 43.2 Å². The molecule has 0 aliphatic carbocycles. The maximum atomic E-state index is 5.90. The Kier molecular flexibility index (Phi) is 3.62. The number of anilines is 1. The lowest BCUT2D eigenvalue weighted by atomic mass is 9.95. The largest absolute Gasteiger partial charge is 0.373 e. The Hall–Kier alpha value is -1.16. The van der Waals surface area contributed by atoms with Crippen LogP contribution in [0.3, 0.4) is 0 Å². The van der Waals surface area contributed by atoms with Crippen molar-refractivity contribution >= 4 is 5.82 Å². The second kappa shape index (κ2) is 5.00. The summed E-state index contributed by atoms with van der Waals surface area (Å²) in [5, 5.41) is 3.09. The molecule has 2 heterocycles. The minimum absolute atomic E-state index is 0.310. The molecule has 1 aliphatic heterocycles. The number of aromatic nitrogens is 2. The van der Waals surface area contributed by atoms with Gasteiger partial charge in [0.25, 0.3) is 0 Å². The van der Waals surface area contributed by atoms with Crippen molar-refractivity contribution in [3.05, 3.63) is 17.6 Å². The van der Waals surface area contributed by atoms with Crippen molar-refractivity contribution in [2.45, 2.75) is 45.1 Å². The maximum Gasteiger partial charge on any atom is 0.162 e. The quantitative estimate of drug-likeness (QED) is 0.874. The van der Waals surface area contributed by atoms with Crippen LogP contribution in [-0.2, 0) is 16.8 Å². The molecule has 1 aromatic rings. The van der Waals surface area contributed by atoms with Crippen LogP contribution in [0, 0.1) is 0 Å².